The first-order valence-corrected chi connectivity index (χ1v) is 11.8. The van der Waals surface area contributed by atoms with Crippen molar-refractivity contribution in [1.82, 2.24) is 14.9 Å². The number of fused-ring (bicyclic) bond motifs is 3. The molecule has 0 unspecified atom stereocenters. The van der Waals surface area contributed by atoms with Crippen molar-refractivity contribution in [3.8, 4) is 11.5 Å². The van der Waals surface area contributed by atoms with Gasteiger partial charge in [0.15, 0.2) is 5.13 Å². The molecule has 0 aliphatic carbocycles. The highest BCUT2D eigenvalue weighted by Gasteiger charge is 2.36. The number of carbonyl (C=O) groups excluding carboxylic acids is 2. The first-order valence-electron chi connectivity index (χ1n) is 11.0. The van der Waals surface area contributed by atoms with E-state index in [4.69, 9.17) is 4.74 Å². The van der Waals surface area contributed by atoms with Crippen molar-refractivity contribution in [2.75, 3.05) is 11.9 Å². The Balaban J connectivity index is 1.25. The molecule has 4 heterocycles. The highest BCUT2D eigenvalue weighted by atomic mass is 32.1. The predicted molar refractivity (Wildman–Crippen MR) is 128 cm³/mol. The molecular formula is C26H20N4O3S. The van der Waals surface area contributed by atoms with Gasteiger partial charge in [-0.3, -0.25) is 19.9 Å². The van der Waals surface area contributed by atoms with Gasteiger partial charge in [0.1, 0.15) is 17.2 Å². The number of hydrogen-bond acceptors (Lipinski definition) is 6. The number of pyridine rings is 1. The minimum absolute atomic E-state index is 0.0429. The lowest BCUT2D eigenvalue weighted by Crippen LogP contribution is -2.39. The molecular weight excluding hydrogens is 448 g/mol. The molecule has 2 aromatic heterocycles. The molecule has 2 aliphatic rings. The van der Waals surface area contributed by atoms with Crippen molar-refractivity contribution in [2.24, 2.45) is 0 Å². The number of ether oxygens (including phenoxy) is 1. The Labute approximate surface area is 200 Å². The average Bonchev–Trinajstić information content (AvgIpc) is 3.28. The zero-order valence-electron chi connectivity index (χ0n) is 18.1. The molecule has 6 rings (SSSR count). The third-order valence-electron chi connectivity index (χ3n) is 6.09. The maximum atomic E-state index is 13.8. The summed E-state index contributed by atoms with van der Waals surface area (Å²) in [6.07, 6.45) is 2.22. The van der Waals surface area contributed by atoms with Crippen molar-refractivity contribution < 1.29 is 14.3 Å². The molecule has 0 radical (unpaired) electrons. The third-order valence-corrected chi connectivity index (χ3v) is 7.09. The van der Waals surface area contributed by atoms with Crippen LogP contribution in [-0.4, -0.2) is 33.2 Å². The zero-order chi connectivity index (χ0) is 23.1. The molecule has 0 bridgehead atoms. The number of thiazole rings is 1. The van der Waals surface area contributed by atoms with Crippen molar-refractivity contribution in [1.29, 1.82) is 0 Å². The standard InChI is InChI=1S/C26H20N4O3S/c31-24(19-9-5-6-13-27-19)29-26-28-18-12-14-30(15-22(18)34-26)25(32)23-16-7-1-3-10-20(16)33-21-11-4-2-8-17(21)23/h1-11,13,23H,12,14-15H2,(H,28,29,31). The molecule has 7 nitrogen and oxygen atoms in total. The highest BCUT2D eigenvalue weighted by Crippen LogP contribution is 2.45. The molecule has 2 aliphatic heterocycles. The van der Waals surface area contributed by atoms with E-state index in [0.29, 0.717) is 30.3 Å². The molecule has 34 heavy (non-hydrogen) atoms. The van der Waals surface area contributed by atoms with E-state index < -0.39 is 5.92 Å². The van der Waals surface area contributed by atoms with E-state index in [2.05, 4.69) is 15.3 Å². The van der Waals surface area contributed by atoms with Crippen LogP contribution in [0.15, 0.2) is 72.9 Å². The van der Waals surface area contributed by atoms with Gasteiger partial charge in [-0.1, -0.05) is 53.8 Å². The Morgan fingerprint density at radius 2 is 1.68 bits per heavy atom. The van der Waals surface area contributed by atoms with Crippen LogP contribution in [0.5, 0.6) is 11.5 Å². The summed E-state index contributed by atoms with van der Waals surface area (Å²) in [5, 5.41) is 3.36. The number of benzene rings is 2. The van der Waals surface area contributed by atoms with Crippen LogP contribution < -0.4 is 10.1 Å². The van der Waals surface area contributed by atoms with Gasteiger partial charge in [0.2, 0.25) is 5.91 Å². The summed E-state index contributed by atoms with van der Waals surface area (Å²) in [6, 6.07) is 20.6. The predicted octanol–water partition coefficient (Wildman–Crippen LogP) is 4.61. The molecule has 0 atom stereocenters. The van der Waals surface area contributed by atoms with Crippen molar-refractivity contribution >= 4 is 28.3 Å². The number of aromatic nitrogens is 2. The molecule has 4 aromatic rings. The number of rotatable bonds is 3. The van der Waals surface area contributed by atoms with Crippen LogP contribution in [0.4, 0.5) is 5.13 Å². The second-order valence-corrected chi connectivity index (χ2v) is 9.26. The lowest BCUT2D eigenvalue weighted by Gasteiger charge is -2.33. The van der Waals surface area contributed by atoms with Crippen molar-refractivity contribution in [2.45, 2.75) is 18.9 Å². The Kier molecular flexibility index (Phi) is 5.07. The smallest absolute Gasteiger partial charge is 0.276 e. The first-order chi connectivity index (χ1) is 16.7. The Bertz CT molecular complexity index is 1360. The second-order valence-electron chi connectivity index (χ2n) is 8.18. The fraction of sp³-hybridized carbons (Fsp3) is 0.154. The Morgan fingerprint density at radius 3 is 2.38 bits per heavy atom. The molecule has 2 amide bonds. The van der Waals surface area contributed by atoms with Crippen LogP contribution in [-0.2, 0) is 17.8 Å². The summed E-state index contributed by atoms with van der Waals surface area (Å²) in [7, 11) is 0. The number of carbonyl (C=O) groups is 2. The van der Waals surface area contributed by atoms with Crippen LogP contribution >= 0.6 is 11.3 Å². The van der Waals surface area contributed by atoms with E-state index >= 15 is 0 Å². The van der Waals surface area contributed by atoms with Gasteiger partial charge < -0.3 is 9.64 Å². The average molecular weight is 469 g/mol. The highest BCUT2D eigenvalue weighted by molar-refractivity contribution is 7.15. The van der Waals surface area contributed by atoms with E-state index in [9.17, 15) is 9.59 Å². The van der Waals surface area contributed by atoms with Crippen LogP contribution in [0.25, 0.3) is 0 Å². The first kappa shape index (κ1) is 20.6. The summed E-state index contributed by atoms with van der Waals surface area (Å²) >= 11 is 1.41. The zero-order valence-corrected chi connectivity index (χ0v) is 18.9. The quantitative estimate of drug-likeness (QED) is 0.475. The molecule has 1 N–H and O–H groups in total. The van der Waals surface area contributed by atoms with Gasteiger partial charge in [-0.15, -0.1) is 0 Å². The van der Waals surface area contributed by atoms with Gasteiger partial charge in [-0.05, 0) is 24.3 Å². The number of nitrogens with one attached hydrogen (secondary N) is 1. The molecule has 0 saturated heterocycles. The van der Waals surface area contributed by atoms with E-state index in [1.807, 2.05) is 53.4 Å². The lowest BCUT2D eigenvalue weighted by molar-refractivity contribution is -0.132. The fourth-order valence-corrected chi connectivity index (χ4v) is 5.47. The van der Waals surface area contributed by atoms with Gasteiger partial charge in [0.25, 0.3) is 5.91 Å². The lowest BCUT2D eigenvalue weighted by atomic mass is 9.86. The van der Waals surface area contributed by atoms with Crippen molar-refractivity contribution in [3.05, 3.63) is 100 Å². The van der Waals surface area contributed by atoms with E-state index in [0.717, 1.165) is 33.2 Å². The van der Waals surface area contributed by atoms with Crippen LogP contribution in [0, 0.1) is 0 Å². The Morgan fingerprint density at radius 1 is 0.971 bits per heavy atom. The Hall–Kier alpha value is -4.04. The van der Waals surface area contributed by atoms with Crippen LogP contribution in [0.1, 0.15) is 38.1 Å². The number of para-hydroxylation sites is 2. The summed E-state index contributed by atoms with van der Waals surface area (Å²) in [4.78, 5) is 37.8. The summed E-state index contributed by atoms with van der Waals surface area (Å²) < 4.78 is 6.05. The number of anilines is 1. The maximum absolute atomic E-state index is 13.8. The van der Waals surface area contributed by atoms with E-state index in [1.54, 1.807) is 24.4 Å². The minimum atomic E-state index is -0.418. The van der Waals surface area contributed by atoms with Crippen LogP contribution in [0.2, 0.25) is 0 Å². The van der Waals surface area contributed by atoms with Gasteiger partial charge in [-0.25, -0.2) is 4.98 Å². The fourth-order valence-electron chi connectivity index (χ4n) is 4.45. The van der Waals surface area contributed by atoms with Gasteiger partial charge in [-0.2, -0.15) is 0 Å². The van der Waals surface area contributed by atoms with Gasteiger partial charge >= 0.3 is 0 Å². The van der Waals surface area contributed by atoms with E-state index in [1.165, 1.54) is 11.3 Å². The summed E-state index contributed by atoms with van der Waals surface area (Å²) in [5.74, 6) is 0.763. The third kappa shape index (κ3) is 3.62. The topological polar surface area (TPSA) is 84.4 Å². The molecule has 0 fully saturated rings. The minimum Gasteiger partial charge on any atom is -0.457 e. The van der Waals surface area contributed by atoms with Gasteiger partial charge in [0.05, 0.1) is 18.2 Å². The van der Waals surface area contributed by atoms with Gasteiger partial charge in [0, 0.05) is 35.2 Å². The number of amides is 2. The monoisotopic (exact) mass is 468 g/mol. The summed E-state index contributed by atoms with van der Waals surface area (Å²) in [5.41, 5.74) is 3.02. The molecule has 0 saturated carbocycles. The summed E-state index contributed by atoms with van der Waals surface area (Å²) in [6.45, 7) is 1.04. The largest absolute Gasteiger partial charge is 0.457 e. The molecule has 8 heteroatoms. The molecule has 2 aromatic carbocycles. The number of nitrogens with zero attached hydrogens (tertiary/aromatic N) is 3. The maximum Gasteiger partial charge on any atom is 0.276 e. The number of hydrogen-bond donors (Lipinski definition) is 1. The van der Waals surface area contributed by atoms with Crippen molar-refractivity contribution in [3.63, 3.8) is 0 Å². The van der Waals surface area contributed by atoms with E-state index in [-0.39, 0.29) is 11.8 Å². The molecule has 0 spiro atoms. The second kappa shape index (κ2) is 8.39. The SMILES string of the molecule is O=C(Nc1nc2c(s1)CN(C(=O)C1c3ccccc3Oc3ccccc31)CC2)c1ccccn1. The van der Waals surface area contributed by atoms with Crippen LogP contribution in [0.3, 0.4) is 0 Å². The molecule has 168 valence electrons. The normalized spacial score (nSPS) is 14.4.